The van der Waals surface area contributed by atoms with Gasteiger partial charge in [0.1, 0.15) is 22.3 Å². The fourth-order valence-electron chi connectivity index (χ4n) is 9.97. The molecule has 0 aliphatic heterocycles. The maximum absolute atomic E-state index is 6.61. The Kier molecular flexibility index (Phi) is 7.59. The average molecular weight is 831 g/mol. The van der Waals surface area contributed by atoms with Crippen molar-refractivity contribution in [1.82, 2.24) is 19.5 Å². The number of fused-ring (bicyclic) bond motifs is 12. The summed E-state index contributed by atoms with van der Waals surface area (Å²) in [4.78, 5) is 15.4. The fraction of sp³-hybridized carbons (Fsp3) is 0. The van der Waals surface area contributed by atoms with Crippen molar-refractivity contribution in [2.45, 2.75) is 0 Å². The molecule has 6 nitrogen and oxygen atoms in total. The summed E-state index contributed by atoms with van der Waals surface area (Å²) in [6, 6.07) is 72.3. The molecule has 65 heavy (non-hydrogen) atoms. The molecule has 0 unspecified atom stereocenters. The molecule has 0 atom stereocenters. The summed E-state index contributed by atoms with van der Waals surface area (Å²) >= 11 is 0. The van der Waals surface area contributed by atoms with Crippen LogP contribution in [0.1, 0.15) is 0 Å². The summed E-state index contributed by atoms with van der Waals surface area (Å²) in [5.41, 5.74) is 11.4. The first-order chi connectivity index (χ1) is 32.2. The normalized spacial score (nSPS) is 12.0. The van der Waals surface area contributed by atoms with Gasteiger partial charge >= 0.3 is 0 Å². The molecule has 0 fully saturated rings. The van der Waals surface area contributed by atoms with Crippen molar-refractivity contribution in [3.63, 3.8) is 0 Å². The van der Waals surface area contributed by atoms with Gasteiger partial charge in [0.05, 0.1) is 11.0 Å². The molecule has 0 aliphatic carbocycles. The average Bonchev–Trinajstić information content (AvgIpc) is 4.05. The lowest BCUT2D eigenvalue weighted by Crippen LogP contribution is -2.01. The lowest BCUT2D eigenvalue weighted by molar-refractivity contribution is 0.669. The predicted octanol–water partition coefficient (Wildman–Crippen LogP) is 15.7. The number of para-hydroxylation sites is 2. The Hall–Kier alpha value is -8.87. The molecule has 0 bridgehead atoms. The SMILES string of the molecule is c1ccc(-c2nc(-c3cccc(-n4c5cc6ccccc6cc5c5cccc(-c6ccc7c(c6)oc6ccc8ccccc8c67)c54)c3)nc(-c3ccc4c(c3)oc3ccccc34)n2)cc1. The maximum atomic E-state index is 6.61. The van der Waals surface area contributed by atoms with Gasteiger partial charge in [0.25, 0.3) is 0 Å². The summed E-state index contributed by atoms with van der Waals surface area (Å²) in [7, 11) is 0. The van der Waals surface area contributed by atoms with Crippen LogP contribution in [-0.4, -0.2) is 19.5 Å². The number of furan rings is 2. The van der Waals surface area contributed by atoms with Gasteiger partial charge in [-0.05, 0) is 87.8 Å². The van der Waals surface area contributed by atoms with E-state index in [-0.39, 0.29) is 0 Å². The van der Waals surface area contributed by atoms with Crippen molar-refractivity contribution in [1.29, 1.82) is 0 Å². The molecule has 0 saturated heterocycles. The first-order valence-corrected chi connectivity index (χ1v) is 21.8. The van der Waals surface area contributed by atoms with Crippen molar-refractivity contribution < 1.29 is 8.83 Å². The smallest absolute Gasteiger partial charge is 0.164 e. The Morgan fingerprint density at radius 2 is 0.923 bits per heavy atom. The van der Waals surface area contributed by atoms with Gasteiger partial charge in [-0.15, -0.1) is 0 Å². The first-order valence-electron chi connectivity index (χ1n) is 21.8. The molecule has 0 N–H and O–H groups in total. The third kappa shape index (κ3) is 5.57. The summed E-state index contributed by atoms with van der Waals surface area (Å²) in [5, 5.41) is 11.5. The Morgan fingerprint density at radius 3 is 1.78 bits per heavy atom. The Bertz CT molecular complexity index is 4250. The summed E-state index contributed by atoms with van der Waals surface area (Å²) in [5.74, 6) is 1.75. The van der Waals surface area contributed by atoms with Crippen molar-refractivity contribution in [3.8, 4) is 51.0 Å². The van der Waals surface area contributed by atoms with E-state index in [1.807, 2.05) is 54.6 Å². The van der Waals surface area contributed by atoms with E-state index in [0.717, 1.165) is 88.4 Å². The Morgan fingerprint density at radius 1 is 0.323 bits per heavy atom. The summed E-state index contributed by atoms with van der Waals surface area (Å²) < 4.78 is 15.3. The van der Waals surface area contributed by atoms with Crippen LogP contribution in [0.3, 0.4) is 0 Å². The van der Waals surface area contributed by atoms with E-state index in [1.54, 1.807) is 0 Å². The quantitative estimate of drug-likeness (QED) is 0.173. The molecule has 6 heteroatoms. The zero-order valence-electron chi connectivity index (χ0n) is 34.7. The van der Waals surface area contributed by atoms with E-state index in [2.05, 4.69) is 156 Å². The van der Waals surface area contributed by atoms with E-state index >= 15 is 0 Å². The minimum absolute atomic E-state index is 0.571. The number of hydrogen-bond acceptors (Lipinski definition) is 5. The Balaban J connectivity index is 0.980. The van der Waals surface area contributed by atoms with E-state index in [9.17, 15) is 0 Å². The molecule has 0 aliphatic rings. The predicted molar refractivity (Wildman–Crippen MR) is 265 cm³/mol. The van der Waals surface area contributed by atoms with Gasteiger partial charge in [0.2, 0.25) is 0 Å². The molecule has 4 aromatic heterocycles. The molecule has 10 aromatic carbocycles. The van der Waals surface area contributed by atoms with Gasteiger partial charge in [-0.25, -0.2) is 15.0 Å². The van der Waals surface area contributed by atoms with Gasteiger partial charge < -0.3 is 13.4 Å². The highest BCUT2D eigenvalue weighted by molar-refractivity contribution is 6.20. The van der Waals surface area contributed by atoms with Crippen molar-refractivity contribution in [2.24, 2.45) is 0 Å². The molecule has 4 heterocycles. The number of benzene rings is 10. The van der Waals surface area contributed by atoms with E-state index in [1.165, 1.54) is 32.3 Å². The largest absolute Gasteiger partial charge is 0.456 e. The number of rotatable bonds is 5. The van der Waals surface area contributed by atoms with Crippen molar-refractivity contribution in [2.75, 3.05) is 0 Å². The van der Waals surface area contributed by atoms with Crippen LogP contribution < -0.4 is 0 Å². The number of nitrogens with zero attached hydrogens (tertiary/aromatic N) is 4. The van der Waals surface area contributed by atoms with Crippen molar-refractivity contribution in [3.05, 3.63) is 206 Å². The van der Waals surface area contributed by atoms with Gasteiger partial charge in [0.15, 0.2) is 17.5 Å². The molecule has 0 radical (unpaired) electrons. The highest BCUT2D eigenvalue weighted by Crippen LogP contribution is 2.43. The topological polar surface area (TPSA) is 69.9 Å². The van der Waals surface area contributed by atoms with Gasteiger partial charge in [-0.2, -0.15) is 0 Å². The van der Waals surface area contributed by atoms with Crippen LogP contribution in [0.15, 0.2) is 215 Å². The monoisotopic (exact) mass is 830 g/mol. The second kappa shape index (κ2) is 13.8. The zero-order valence-corrected chi connectivity index (χ0v) is 34.7. The third-order valence-electron chi connectivity index (χ3n) is 13.0. The van der Waals surface area contributed by atoms with Crippen LogP contribution >= 0.6 is 0 Å². The molecule has 0 saturated carbocycles. The summed E-state index contributed by atoms with van der Waals surface area (Å²) in [6.45, 7) is 0. The minimum Gasteiger partial charge on any atom is -0.456 e. The van der Waals surface area contributed by atoms with Gasteiger partial charge in [-0.1, -0.05) is 146 Å². The highest BCUT2D eigenvalue weighted by Gasteiger charge is 2.21. The van der Waals surface area contributed by atoms with Gasteiger partial charge in [-0.3, -0.25) is 0 Å². The first kappa shape index (κ1) is 35.7. The number of aromatic nitrogens is 4. The van der Waals surface area contributed by atoms with Crippen LogP contribution in [0.25, 0.3) is 138 Å². The van der Waals surface area contributed by atoms with Crippen LogP contribution in [0.4, 0.5) is 0 Å². The van der Waals surface area contributed by atoms with E-state index in [0.29, 0.717) is 17.5 Å². The van der Waals surface area contributed by atoms with E-state index in [4.69, 9.17) is 23.8 Å². The minimum atomic E-state index is 0.571. The molecule has 0 spiro atoms. The van der Waals surface area contributed by atoms with E-state index < -0.39 is 0 Å². The Labute approximate surface area is 371 Å². The number of hydrogen-bond donors (Lipinski definition) is 0. The third-order valence-corrected chi connectivity index (χ3v) is 13.0. The zero-order chi connectivity index (χ0) is 42.6. The molecular weight excluding hydrogens is 797 g/mol. The molecule has 14 aromatic rings. The van der Waals surface area contributed by atoms with Crippen LogP contribution in [0, 0.1) is 0 Å². The summed E-state index contributed by atoms with van der Waals surface area (Å²) in [6.07, 6.45) is 0. The lowest BCUT2D eigenvalue weighted by Gasteiger charge is -2.14. The second-order valence-corrected chi connectivity index (χ2v) is 16.8. The van der Waals surface area contributed by atoms with Crippen LogP contribution in [0.2, 0.25) is 0 Å². The van der Waals surface area contributed by atoms with Gasteiger partial charge in [0, 0.05) is 60.3 Å². The second-order valence-electron chi connectivity index (χ2n) is 16.8. The maximum Gasteiger partial charge on any atom is 0.164 e. The lowest BCUT2D eigenvalue weighted by atomic mass is 9.99. The van der Waals surface area contributed by atoms with Crippen LogP contribution in [-0.2, 0) is 0 Å². The molecular formula is C59H34N4O2. The van der Waals surface area contributed by atoms with Crippen LogP contribution in [0.5, 0.6) is 0 Å². The highest BCUT2D eigenvalue weighted by atomic mass is 16.3. The standard InChI is InChI=1S/C59H34N4O2/c1-2-13-36(14-3-1)57-60-58(62-59(61-57)41-25-27-46-45-20-8-9-23-51(45)64-53(46)34-41)40-17-10-18-42(30-40)63-50-32-38-16-5-4-15-37(38)31-49(50)47-22-11-21-44(56(47)63)39-24-28-48-54(33-39)65-52-29-26-35-12-6-7-19-43(35)55(48)52/h1-34H. The molecule has 302 valence electrons. The molecule has 0 amide bonds. The molecule has 14 rings (SSSR count). The van der Waals surface area contributed by atoms with Crippen molar-refractivity contribution >= 4 is 87.2 Å². The fourth-order valence-corrected chi connectivity index (χ4v) is 9.97.